The molecule has 1 aliphatic heterocycles. The highest BCUT2D eigenvalue weighted by Gasteiger charge is 2.43. The molecule has 0 amide bonds. The lowest BCUT2D eigenvalue weighted by atomic mass is 9.86. The molecule has 36 heavy (non-hydrogen) atoms. The molecule has 1 unspecified atom stereocenters. The molecule has 3 aromatic rings. The highest BCUT2D eigenvalue weighted by Crippen LogP contribution is 2.35. The molecule has 0 saturated heterocycles. The van der Waals surface area contributed by atoms with E-state index in [0.29, 0.717) is 18.0 Å². The molecule has 7 nitrogen and oxygen atoms in total. The molecule has 2 heterocycles. The van der Waals surface area contributed by atoms with Crippen LogP contribution in [0.25, 0.3) is 0 Å². The molecular weight excluding hydrogens is 486 g/mol. The number of aliphatic hydroxyl groups is 1. The van der Waals surface area contributed by atoms with E-state index in [1.54, 1.807) is 11.9 Å². The average Bonchev–Trinajstić information content (AvgIpc) is 3.52. The number of aromatic nitrogens is 3. The first kappa shape index (κ1) is 24.3. The molecule has 2 aromatic carbocycles. The molecule has 0 spiro atoms. The average molecular weight is 511 g/mol. The Kier molecular flexibility index (Phi) is 6.70. The van der Waals surface area contributed by atoms with E-state index in [2.05, 4.69) is 15.5 Å². The van der Waals surface area contributed by atoms with E-state index in [0.717, 1.165) is 29.0 Å². The van der Waals surface area contributed by atoms with Crippen LogP contribution in [0.4, 0.5) is 8.78 Å². The van der Waals surface area contributed by atoms with Gasteiger partial charge in [-0.15, -0.1) is 0 Å². The summed E-state index contributed by atoms with van der Waals surface area (Å²) in [5.74, 6) is -1.54. The van der Waals surface area contributed by atoms with Gasteiger partial charge in [0.2, 0.25) is 0 Å². The van der Waals surface area contributed by atoms with Gasteiger partial charge in [0.1, 0.15) is 29.9 Å². The number of rotatable bonds is 7. The SMILES string of the molecule is C[C@@H](N1C=C2CC(=NCc3ccc(Cl)cc3)C=CC2N1)[C@](O)(Cn1cncn1)c1ccc(F)cc1F. The summed E-state index contributed by atoms with van der Waals surface area (Å²) >= 11 is 5.96. The maximum Gasteiger partial charge on any atom is 0.137 e. The zero-order valence-corrected chi connectivity index (χ0v) is 20.3. The monoisotopic (exact) mass is 510 g/mol. The van der Waals surface area contributed by atoms with E-state index in [1.165, 1.54) is 23.4 Å². The van der Waals surface area contributed by atoms with Crippen molar-refractivity contribution in [2.45, 2.75) is 44.1 Å². The highest BCUT2D eigenvalue weighted by molar-refractivity contribution is 6.30. The van der Waals surface area contributed by atoms with Crippen LogP contribution in [0.15, 0.2) is 84.0 Å². The summed E-state index contributed by atoms with van der Waals surface area (Å²) in [5, 5.41) is 18.4. The number of hydrogen-bond donors (Lipinski definition) is 2. The largest absolute Gasteiger partial charge is 0.381 e. The third-order valence-electron chi connectivity index (χ3n) is 6.61. The van der Waals surface area contributed by atoms with E-state index in [-0.39, 0.29) is 18.2 Å². The van der Waals surface area contributed by atoms with Crippen molar-refractivity contribution in [1.29, 1.82) is 0 Å². The van der Waals surface area contributed by atoms with Gasteiger partial charge >= 0.3 is 0 Å². The van der Waals surface area contributed by atoms with Crippen LogP contribution in [0, 0.1) is 11.6 Å². The minimum atomic E-state index is -1.75. The second-order valence-corrected chi connectivity index (χ2v) is 9.44. The predicted octanol–water partition coefficient (Wildman–Crippen LogP) is 4.16. The van der Waals surface area contributed by atoms with Crippen molar-refractivity contribution in [3.8, 4) is 0 Å². The minimum Gasteiger partial charge on any atom is -0.381 e. The van der Waals surface area contributed by atoms with Gasteiger partial charge in [0.15, 0.2) is 0 Å². The quantitative estimate of drug-likeness (QED) is 0.499. The Morgan fingerprint density at radius 3 is 2.78 bits per heavy atom. The lowest BCUT2D eigenvalue weighted by Gasteiger charge is -2.40. The first-order valence-corrected chi connectivity index (χ1v) is 11.9. The molecular formula is C26H25ClF2N6O. The van der Waals surface area contributed by atoms with Crippen molar-refractivity contribution in [2.75, 3.05) is 0 Å². The molecule has 0 bridgehead atoms. The second kappa shape index (κ2) is 9.93. The Morgan fingerprint density at radius 1 is 1.25 bits per heavy atom. The Morgan fingerprint density at radius 2 is 2.06 bits per heavy atom. The van der Waals surface area contributed by atoms with E-state index in [4.69, 9.17) is 16.6 Å². The van der Waals surface area contributed by atoms with E-state index in [9.17, 15) is 13.9 Å². The second-order valence-electron chi connectivity index (χ2n) is 9.01. The van der Waals surface area contributed by atoms with Gasteiger partial charge in [0, 0.05) is 35.0 Å². The van der Waals surface area contributed by atoms with Gasteiger partial charge in [-0.05, 0) is 42.3 Å². The molecule has 2 N–H and O–H groups in total. The summed E-state index contributed by atoms with van der Waals surface area (Å²) in [5.41, 5.74) is 4.66. The van der Waals surface area contributed by atoms with Crippen molar-refractivity contribution >= 4 is 17.3 Å². The Balaban J connectivity index is 1.38. The van der Waals surface area contributed by atoms with Crippen LogP contribution in [0.5, 0.6) is 0 Å². The number of nitrogens with one attached hydrogen (secondary N) is 1. The zero-order valence-electron chi connectivity index (χ0n) is 19.5. The van der Waals surface area contributed by atoms with E-state index >= 15 is 0 Å². The maximum atomic E-state index is 14.9. The third kappa shape index (κ3) is 4.95. The molecule has 3 atom stereocenters. The van der Waals surface area contributed by atoms with E-state index in [1.807, 2.05) is 42.6 Å². The first-order valence-electron chi connectivity index (χ1n) is 11.5. The Bertz CT molecular complexity index is 1320. The number of allylic oxidation sites excluding steroid dienone is 1. The Hall–Kier alpha value is -3.40. The number of hydrazine groups is 1. The number of fused-ring (bicyclic) bond motifs is 1. The summed E-state index contributed by atoms with van der Waals surface area (Å²) in [6.07, 6.45) is 9.34. The van der Waals surface area contributed by atoms with Crippen molar-refractivity contribution < 1.29 is 13.9 Å². The fourth-order valence-corrected chi connectivity index (χ4v) is 4.65. The smallest absolute Gasteiger partial charge is 0.137 e. The third-order valence-corrected chi connectivity index (χ3v) is 6.86. The molecule has 1 aliphatic carbocycles. The predicted molar refractivity (Wildman–Crippen MR) is 133 cm³/mol. The van der Waals surface area contributed by atoms with Gasteiger partial charge in [-0.25, -0.2) is 23.9 Å². The fourth-order valence-electron chi connectivity index (χ4n) is 4.53. The van der Waals surface area contributed by atoms with Crippen molar-refractivity contribution in [3.63, 3.8) is 0 Å². The lowest BCUT2D eigenvalue weighted by Crippen LogP contribution is -2.54. The molecule has 0 fully saturated rings. The number of nitrogens with zero attached hydrogens (tertiary/aromatic N) is 5. The van der Waals surface area contributed by atoms with Gasteiger partial charge in [-0.1, -0.05) is 35.9 Å². The summed E-state index contributed by atoms with van der Waals surface area (Å²) in [6, 6.07) is 10.1. The van der Waals surface area contributed by atoms with Gasteiger partial charge in [0.05, 0.1) is 25.2 Å². The van der Waals surface area contributed by atoms with Gasteiger partial charge in [-0.2, -0.15) is 5.10 Å². The van der Waals surface area contributed by atoms with Crippen molar-refractivity contribution in [2.24, 2.45) is 4.99 Å². The minimum absolute atomic E-state index is 0.0252. The summed E-state index contributed by atoms with van der Waals surface area (Å²) in [7, 11) is 0. The van der Waals surface area contributed by atoms with Crippen LogP contribution in [-0.2, 0) is 18.7 Å². The topological polar surface area (TPSA) is 78.6 Å². The van der Waals surface area contributed by atoms with E-state index < -0.39 is 23.3 Å². The summed E-state index contributed by atoms with van der Waals surface area (Å²) in [6.45, 7) is 2.25. The van der Waals surface area contributed by atoms with Crippen LogP contribution in [0.3, 0.4) is 0 Å². The molecule has 5 rings (SSSR count). The number of benzene rings is 2. The zero-order chi connectivity index (χ0) is 25.3. The lowest BCUT2D eigenvalue weighted by molar-refractivity contribution is -0.0613. The van der Waals surface area contributed by atoms with Gasteiger partial charge < -0.3 is 10.1 Å². The van der Waals surface area contributed by atoms with Crippen LogP contribution < -0.4 is 5.43 Å². The Labute approximate surface area is 212 Å². The number of aliphatic imine (C=N–C) groups is 1. The van der Waals surface area contributed by atoms with Gasteiger partial charge in [-0.3, -0.25) is 4.99 Å². The first-order chi connectivity index (χ1) is 17.3. The standard InChI is InChI=1S/C26H25ClF2N6O/c1-17(26(36,14-34-16-30-15-32-34)23-8-6-21(28)11-24(23)29)35-13-19-10-22(7-9-25(19)33-35)31-12-18-2-4-20(27)5-3-18/h2-9,11,13,15-17,25,33,36H,10,12,14H2,1H3/t17-,25?,26-/m1/s1. The number of halogens is 3. The maximum absolute atomic E-state index is 14.9. The van der Waals surface area contributed by atoms with Crippen LogP contribution in [-0.4, -0.2) is 42.7 Å². The number of hydrogen-bond acceptors (Lipinski definition) is 6. The highest BCUT2D eigenvalue weighted by atomic mass is 35.5. The van der Waals surface area contributed by atoms with Crippen LogP contribution in [0.2, 0.25) is 5.02 Å². The molecule has 1 aromatic heterocycles. The fraction of sp³-hybridized carbons (Fsp3) is 0.269. The molecule has 0 radical (unpaired) electrons. The summed E-state index contributed by atoms with van der Waals surface area (Å²) < 4.78 is 29.9. The van der Waals surface area contributed by atoms with Crippen molar-refractivity contribution in [3.05, 3.63) is 107 Å². The normalized spacial score (nSPS) is 20.8. The molecule has 10 heteroatoms. The van der Waals surface area contributed by atoms with Crippen molar-refractivity contribution in [1.82, 2.24) is 25.2 Å². The van der Waals surface area contributed by atoms with Gasteiger partial charge in [0.25, 0.3) is 0 Å². The van der Waals surface area contributed by atoms with Crippen LogP contribution >= 0.6 is 11.6 Å². The molecule has 186 valence electrons. The molecule has 2 aliphatic rings. The summed E-state index contributed by atoms with van der Waals surface area (Å²) in [4.78, 5) is 8.65. The van der Waals surface area contributed by atoms with Crippen LogP contribution in [0.1, 0.15) is 24.5 Å². The molecule has 0 saturated carbocycles.